The predicted octanol–water partition coefficient (Wildman–Crippen LogP) is 3.50. The van der Waals surface area contributed by atoms with Crippen LogP contribution in [0, 0.1) is 6.92 Å². The number of nitrogen functional groups attached to an aromatic ring is 1. The van der Waals surface area contributed by atoms with Crippen LogP contribution >= 0.6 is 11.6 Å². The van der Waals surface area contributed by atoms with E-state index in [2.05, 4.69) is 41.9 Å². The Hall–Kier alpha value is -2.54. The molecule has 3 aromatic rings. The molecule has 0 spiro atoms. The van der Waals surface area contributed by atoms with Crippen molar-refractivity contribution in [2.75, 3.05) is 31.3 Å². The lowest BCUT2D eigenvalue weighted by Gasteiger charge is -2.41. The molecule has 2 atom stereocenters. The lowest BCUT2D eigenvalue weighted by atomic mass is 9.98. The topological polar surface area (TPSA) is 76.3 Å². The summed E-state index contributed by atoms with van der Waals surface area (Å²) in [6.07, 6.45) is 3.28. The van der Waals surface area contributed by atoms with Crippen molar-refractivity contribution in [3.63, 3.8) is 0 Å². The quantitative estimate of drug-likeness (QED) is 0.660. The van der Waals surface area contributed by atoms with Crippen LogP contribution in [-0.4, -0.2) is 35.1 Å². The molecule has 0 fully saturated rings. The second kappa shape index (κ2) is 7.13. The maximum atomic E-state index is 6.67. The summed E-state index contributed by atoms with van der Waals surface area (Å²) in [7, 11) is 4.13. The Balaban J connectivity index is 1.80. The van der Waals surface area contributed by atoms with Gasteiger partial charge in [0.05, 0.1) is 35.6 Å². The highest BCUT2D eigenvalue weighted by Gasteiger charge is 2.32. The average molecular weight is 397 g/mol. The molecule has 0 saturated carbocycles. The summed E-state index contributed by atoms with van der Waals surface area (Å²) in [5, 5.41) is 0.770. The molecule has 6 nitrogen and oxygen atoms in total. The highest BCUT2D eigenvalue weighted by Crippen LogP contribution is 2.40. The van der Waals surface area contributed by atoms with Crippen molar-refractivity contribution in [1.29, 1.82) is 0 Å². The predicted molar refractivity (Wildman–Crippen MR) is 115 cm³/mol. The van der Waals surface area contributed by atoms with E-state index in [4.69, 9.17) is 23.1 Å². The van der Waals surface area contributed by atoms with Gasteiger partial charge in [0.2, 0.25) is 0 Å². The van der Waals surface area contributed by atoms with Gasteiger partial charge >= 0.3 is 0 Å². The number of anilines is 2. The van der Waals surface area contributed by atoms with Crippen LogP contribution in [0.5, 0.6) is 0 Å². The molecule has 0 bridgehead atoms. The number of halogens is 1. The number of likely N-dealkylation sites (N-methyl/N-ethyl adjacent to an activating group) is 1. The van der Waals surface area contributed by atoms with Crippen molar-refractivity contribution in [2.24, 2.45) is 5.73 Å². The molecule has 0 saturated heterocycles. The summed E-state index contributed by atoms with van der Waals surface area (Å²) in [5.74, 6) is 0. The van der Waals surface area contributed by atoms with E-state index in [0.717, 1.165) is 27.7 Å². The smallest absolute Gasteiger partial charge is 0.121 e. The fourth-order valence-corrected chi connectivity index (χ4v) is 4.34. The van der Waals surface area contributed by atoms with E-state index in [1.54, 1.807) is 6.33 Å². The zero-order valence-electron chi connectivity index (χ0n) is 16.3. The summed E-state index contributed by atoms with van der Waals surface area (Å²) < 4.78 is 2.01. The molecule has 2 unspecified atom stereocenters. The van der Waals surface area contributed by atoms with Gasteiger partial charge in [-0.3, -0.25) is 4.57 Å². The minimum atomic E-state index is -0.316. The molecule has 7 heteroatoms. The normalized spacial score (nSPS) is 16.8. The maximum absolute atomic E-state index is 6.67. The van der Waals surface area contributed by atoms with Gasteiger partial charge in [0.25, 0.3) is 0 Å². The van der Waals surface area contributed by atoms with Crippen molar-refractivity contribution >= 4 is 23.0 Å². The Bertz CT molecular complexity index is 992. The molecule has 1 aliphatic heterocycles. The van der Waals surface area contributed by atoms with E-state index >= 15 is 0 Å². The molecule has 0 aliphatic carbocycles. The second-order valence-electron chi connectivity index (χ2n) is 7.48. The van der Waals surface area contributed by atoms with Gasteiger partial charge in [-0.25, -0.2) is 4.98 Å². The Morgan fingerprint density at radius 2 is 2.00 bits per heavy atom. The van der Waals surface area contributed by atoms with Crippen LogP contribution in [0.25, 0.3) is 5.69 Å². The third-order valence-electron chi connectivity index (χ3n) is 5.47. The minimum Gasteiger partial charge on any atom is -0.399 e. The molecule has 28 heavy (non-hydrogen) atoms. The van der Waals surface area contributed by atoms with Gasteiger partial charge in [-0.1, -0.05) is 23.7 Å². The lowest BCUT2D eigenvalue weighted by Crippen LogP contribution is -2.44. The molecule has 2 aromatic carbocycles. The minimum absolute atomic E-state index is 0.0691. The molecule has 0 amide bonds. The number of aryl methyl sites for hydroxylation is 1. The van der Waals surface area contributed by atoms with E-state index in [1.807, 2.05) is 41.1 Å². The van der Waals surface area contributed by atoms with E-state index in [1.165, 1.54) is 5.56 Å². The Labute approximate surface area is 170 Å². The maximum Gasteiger partial charge on any atom is 0.121 e. The van der Waals surface area contributed by atoms with Gasteiger partial charge in [-0.2, -0.15) is 0 Å². The van der Waals surface area contributed by atoms with Gasteiger partial charge in [0.15, 0.2) is 0 Å². The molecule has 4 N–H and O–H groups in total. The standard InChI is InChI=1S/C21H25ClN6/c1-13-5-4-6-15(22)20(13)19(26(2)3)11-27-16-8-7-14(23)9-17(16)28-12-25-10-18(28)21(27)24/h4-10,12,19,21H,11,23-24H2,1-3H3. The fraction of sp³-hybridized carbons (Fsp3) is 0.286. The number of rotatable bonds is 4. The SMILES string of the molecule is Cc1cccc(Cl)c1C(CN1c2ccc(N)cc2-n2cncc2C1N)N(C)C. The number of benzene rings is 2. The summed E-state index contributed by atoms with van der Waals surface area (Å²) in [5.41, 5.74) is 18.7. The Kier molecular flexibility index (Phi) is 4.79. The number of nitrogens with zero attached hydrogens (tertiary/aromatic N) is 4. The number of hydrogen-bond acceptors (Lipinski definition) is 5. The fourth-order valence-electron chi connectivity index (χ4n) is 3.99. The first-order valence-corrected chi connectivity index (χ1v) is 9.62. The highest BCUT2D eigenvalue weighted by atomic mass is 35.5. The van der Waals surface area contributed by atoms with Crippen LogP contribution in [-0.2, 0) is 0 Å². The van der Waals surface area contributed by atoms with Crippen molar-refractivity contribution < 1.29 is 0 Å². The van der Waals surface area contributed by atoms with Crippen LogP contribution < -0.4 is 16.4 Å². The molecule has 0 radical (unpaired) electrons. The average Bonchev–Trinajstić information content (AvgIpc) is 3.13. The lowest BCUT2D eigenvalue weighted by molar-refractivity contribution is 0.293. The number of hydrogen-bond donors (Lipinski definition) is 2. The molecule has 1 aromatic heterocycles. The van der Waals surface area contributed by atoms with Crippen molar-refractivity contribution in [1.82, 2.24) is 14.5 Å². The number of imidazole rings is 1. The Morgan fingerprint density at radius 1 is 1.21 bits per heavy atom. The number of nitrogens with two attached hydrogens (primary N) is 2. The van der Waals surface area contributed by atoms with E-state index in [-0.39, 0.29) is 12.2 Å². The third kappa shape index (κ3) is 3.03. The first kappa shape index (κ1) is 18.8. The van der Waals surface area contributed by atoms with E-state index in [9.17, 15) is 0 Å². The molecular formula is C21H25ClN6. The second-order valence-corrected chi connectivity index (χ2v) is 7.89. The van der Waals surface area contributed by atoms with Gasteiger partial charge in [-0.15, -0.1) is 0 Å². The number of fused-ring (bicyclic) bond motifs is 3. The summed E-state index contributed by atoms with van der Waals surface area (Å²) >= 11 is 6.60. The monoisotopic (exact) mass is 396 g/mol. The summed E-state index contributed by atoms with van der Waals surface area (Å²) in [6.45, 7) is 2.78. The first-order chi connectivity index (χ1) is 13.4. The molecule has 146 valence electrons. The molecule has 1 aliphatic rings. The van der Waals surface area contributed by atoms with Gasteiger partial charge in [-0.05, 0) is 56.4 Å². The van der Waals surface area contributed by atoms with Crippen LogP contribution in [0.1, 0.15) is 29.0 Å². The van der Waals surface area contributed by atoms with E-state index < -0.39 is 0 Å². The van der Waals surface area contributed by atoms with Gasteiger partial charge in [0, 0.05) is 17.3 Å². The van der Waals surface area contributed by atoms with Crippen LogP contribution in [0.2, 0.25) is 5.02 Å². The van der Waals surface area contributed by atoms with E-state index in [0.29, 0.717) is 12.2 Å². The molecular weight excluding hydrogens is 372 g/mol. The first-order valence-electron chi connectivity index (χ1n) is 9.24. The number of aromatic nitrogens is 2. The summed E-state index contributed by atoms with van der Waals surface area (Å²) in [4.78, 5) is 8.69. The third-order valence-corrected chi connectivity index (χ3v) is 5.80. The van der Waals surface area contributed by atoms with Gasteiger partial charge < -0.3 is 21.3 Å². The molecule has 2 heterocycles. The zero-order chi connectivity index (χ0) is 20.0. The van der Waals surface area contributed by atoms with Gasteiger partial charge in [0.1, 0.15) is 6.17 Å². The van der Waals surface area contributed by atoms with Crippen LogP contribution in [0.15, 0.2) is 48.9 Å². The highest BCUT2D eigenvalue weighted by molar-refractivity contribution is 6.31. The van der Waals surface area contributed by atoms with Crippen LogP contribution in [0.4, 0.5) is 11.4 Å². The van der Waals surface area contributed by atoms with Crippen molar-refractivity contribution in [3.8, 4) is 5.69 Å². The van der Waals surface area contributed by atoms with Crippen molar-refractivity contribution in [2.45, 2.75) is 19.1 Å². The zero-order valence-corrected chi connectivity index (χ0v) is 17.1. The Morgan fingerprint density at radius 3 is 2.71 bits per heavy atom. The van der Waals surface area contributed by atoms with Crippen LogP contribution in [0.3, 0.4) is 0 Å². The molecule has 4 rings (SSSR count). The summed E-state index contributed by atoms with van der Waals surface area (Å²) in [6, 6.07) is 12.0. The van der Waals surface area contributed by atoms with Crippen molar-refractivity contribution in [3.05, 3.63) is 70.8 Å². The largest absolute Gasteiger partial charge is 0.399 e.